The number of aromatic nitrogens is 3. The van der Waals surface area contributed by atoms with Gasteiger partial charge in [0.25, 0.3) is 5.91 Å². The van der Waals surface area contributed by atoms with E-state index in [0.29, 0.717) is 11.6 Å². The molecular weight excluding hydrogens is 398 g/mol. The van der Waals surface area contributed by atoms with E-state index < -0.39 is 0 Å². The van der Waals surface area contributed by atoms with Gasteiger partial charge in [-0.1, -0.05) is 51.5 Å². The van der Waals surface area contributed by atoms with Crippen LogP contribution in [0.25, 0.3) is 5.69 Å². The molecule has 2 heterocycles. The molecular formula is C23H36ClN5O. The molecule has 2 aromatic rings. The van der Waals surface area contributed by atoms with E-state index in [4.69, 9.17) is 0 Å². The third-order valence-electron chi connectivity index (χ3n) is 5.73. The van der Waals surface area contributed by atoms with Crippen molar-refractivity contribution in [2.24, 2.45) is 5.92 Å². The summed E-state index contributed by atoms with van der Waals surface area (Å²) in [4.78, 5) is 15.2. The normalized spacial score (nSPS) is 17.0. The lowest BCUT2D eigenvalue weighted by molar-refractivity contribution is 0.0667. The molecule has 30 heavy (non-hydrogen) atoms. The molecule has 1 amide bonds. The number of nitrogens with zero attached hydrogens (tertiary/aromatic N) is 4. The topological polar surface area (TPSA) is 63.1 Å². The lowest BCUT2D eigenvalue weighted by Gasteiger charge is -2.32. The minimum Gasteiger partial charge on any atom is -0.337 e. The maximum atomic E-state index is 13.3. The number of likely N-dealkylation sites (tertiary alicyclic amines) is 1. The Balaban J connectivity index is 0.00000320. The second-order valence-corrected chi connectivity index (χ2v) is 9.16. The zero-order chi connectivity index (χ0) is 21.0. The van der Waals surface area contributed by atoms with E-state index in [0.717, 1.165) is 50.3 Å². The van der Waals surface area contributed by atoms with Gasteiger partial charge < -0.3 is 10.2 Å². The van der Waals surface area contributed by atoms with Gasteiger partial charge in [-0.15, -0.1) is 17.5 Å². The lowest BCUT2D eigenvalue weighted by atomic mass is 9.87. The first-order valence-electron chi connectivity index (χ1n) is 10.8. The number of carbonyl (C=O) groups excluding carboxylic acids is 1. The van der Waals surface area contributed by atoms with E-state index in [1.165, 1.54) is 12.0 Å². The molecule has 166 valence electrons. The first-order valence-corrected chi connectivity index (χ1v) is 10.8. The monoisotopic (exact) mass is 433 g/mol. The number of piperidine rings is 1. The van der Waals surface area contributed by atoms with E-state index in [1.54, 1.807) is 0 Å². The fraction of sp³-hybridized carbons (Fsp3) is 0.609. The quantitative estimate of drug-likeness (QED) is 0.747. The molecule has 3 rings (SSSR count). The molecule has 0 spiro atoms. The average molecular weight is 434 g/mol. The van der Waals surface area contributed by atoms with Crippen molar-refractivity contribution < 1.29 is 4.79 Å². The smallest absolute Gasteiger partial charge is 0.276 e. The van der Waals surface area contributed by atoms with E-state index in [-0.39, 0.29) is 23.7 Å². The van der Waals surface area contributed by atoms with Gasteiger partial charge in [0.05, 0.1) is 11.4 Å². The molecule has 1 N–H and O–H groups in total. The zero-order valence-corrected chi connectivity index (χ0v) is 19.8. The number of halogens is 1. The minimum absolute atomic E-state index is 0. The predicted octanol–water partition coefficient (Wildman–Crippen LogP) is 4.01. The molecule has 1 unspecified atom stereocenters. The summed E-state index contributed by atoms with van der Waals surface area (Å²) < 4.78 is 1.85. The van der Waals surface area contributed by atoms with Gasteiger partial charge in [-0.3, -0.25) is 4.79 Å². The molecule has 0 bridgehead atoms. The summed E-state index contributed by atoms with van der Waals surface area (Å²) in [7, 11) is 1.97. The third-order valence-corrected chi connectivity index (χ3v) is 5.73. The van der Waals surface area contributed by atoms with Gasteiger partial charge >= 0.3 is 0 Å². The van der Waals surface area contributed by atoms with Gasteiger partial charge in [0, 0.05) is 13.1 Å². The lowest BCUT2D eigenvalue weighted by Crippen LogP contribution is -2.42. The highest BCUT2D eigenvalue weighted by atomic mass is 35.5. The van der Waals surface area contributed by atoms with Crippen molar-refractivity contribution in [1.82, 2.24) is 25.2 Å². The van der Waals surface area contributed by atoms with Gasteiger partial charge in [-0.25, -0.2) is 4.68 Å². The molecule has 1 aliphatic heterocycles. The van der Waals surface area contributed by atoms with Crippen molar-refractivity contribution in [3.05, 3.63) is 41.2 Å². The molecule has 0 saturated carbocycles. The molecule has 6 nitrogen and oxygen atoms in total. The molecule has 1 aromatic heterocycles. The van der Waals surface area contributed by atoms with Crippen LogP contribution in [0.3, 0.4) is 0 Å². The van der Waals surface area contributed by atoms with Gasteiger partial charge in [0.2, 0.25) is 0 Å². The van der Waals surface area contributed by atoms with Crippen LogP contribution in [0.4, 0.5) is 0 Å². The van der Waals surface area contributed by atoms with Crippen LogP contribution in [0.1, 0.15) is 68.7 Å². The van der Waals surface area contributed by atoms with Crippen LogP contribution in [0.15, 0.2) is 24.3 Å². The van der Waals surface area contributed by atoms with Gasteiger partial charge in [-0.2, -0.15) is 0 Å². The molecule has 1 saturated heterocycles. The zero-order valence-electron chi connectivity index (χ0n) is 18.9. The highest BCUT2D eigenvalue weighted by molar-refractivity contribution is 5.93. The van der Waals surface area contributed by atoms with Gasteiger partial charge in [-0.05, 0) is 61.9 Å². The summed E-state index contributed by atoms with van der Waals surface area (Å²) in [5.74, 6) is 0.527. The summed E-state index contributed by atoms with van der Waals surface area (Å²) in [6.45, 7) is 11.3. The highest BCUT2D eigenvalue weighted by Gasteiger charge is 2.29. The van der Waals surface area contributed by atoms with Crippen LogP contribution >= 0.6 is 12.4 Å². The Hall–Kier alpha value is -1.92. The third kappa shape index (κ3) is 5.41. The molecule has 1 aromatic carbocycles. The SMILES string of the molecule is CCCc1c(C(=O)N2CCCC(CNC)C2)nnn1-c1ccc(C(C)(C)C)cc1.Cl. The second-order valence-electron chi connectivity index (χ2n) is 9.16. The summed E-state index contributed by atoms with van der Waals surface area (Å²) in [6, 6.07) is 8.43. The average Bonchev–Trinajstić information content (AvgIpc) is 3.11. The first kappa shape index (κ1) is 24.4. The number of nitrogens with one attached hydrogen (secondary N) is 1. The highest BCUT2D eigenvalue weighted by Crippen LogP contribution is 2.25. The standard InChI is InChI=1S/C23H35N5O.ClH/c1-6-8-20-21(22(29)27-14-7-9-17(16-27)15-24-5)25-26-28(20)19-12-10-18(11-13-19)23(2,3)4;/h10-13,17,24H,6-9,14-16H2,1-5H3;1H. The van der Waals surface area contributed by atoms with Crippen molar-refractivity contribution in [3.63, 3.8) is 0 Å². The fourth-order valence-corrected chi connectivity index (χ4v) is 4.09. The van der Waals surface area contributed by atoms with E-state index in [9.17, 15) is 4.79 Å². The number of rotatable bonds is 6. The number of carbonyl (C=O) groups is 1. The number of hydrogen-bond acceptors (Lipinski definition) is 4. The van der Waals surface area contributed by atoms with Crippen LogP contribution in [0.5, 0.6) is 0 Å². The Kier molecular flexibility index (Phi) is 8.44. The number of benzene rings is 1. The van der Waals surface area contributed by atoms with Gasteiger partial charge in [0.1, 0.15) is 0 Å². The number of amides is 1. The molecule has 1 atom stereocenters. The van der Waals surface area contributed by atoms with Crippen molar-refractivity contribution in [2.45, 2.75) is 58.8 Å². The summed E-state index contributed by atoms with van der Waals surface area (Å²) in [6.07, 6.45) is 3.93. The Labute approximate surface area is 186 Å². The Morgan fingerprint density at radius 3 is 2.53 bits per heavy atom. The minimum atomic E-state index is 0. The van der Waals surface area contributed by atoms with Crippen molar-refractivity contribution in [3.8, 4) is 5.69 Å². The Bertz CT molecular complexity index is 823. The van der Waals surface area contributed by atoms with Gasteiger partial charge in [0.15, 0.2) is 5.69 Å². The molecule has 0 aliphatic carbocycles. The van der Waals surface area contributed by atoms with E-state index >= 15 is 0 Å². The van der Waals surface area contributed by atoms with E-state index in [2.05, 4.69) is 67.6 Å². The van der Waals surface area contributed by atoms with Crippen LogP contribution in [-0.2, 0) is 11.8 Å². The van der Waals surface area contributed by atoms with Crippen molar-refractivity contribution in [1.29, 1.82) is 0 Å². The molecule has 1 aliphatic rings. The van der Waals surface area contributed by atoms with Crippen molar-refractivity contribution >= 4 is 18.3 Å². The molecule has 0 radical (unpaired) electrons. The summed E-state index contributed by atoms with van der Waals surface area (Å²) in [5.41, 5.74) is 3.76. The van der Waals surface area contributed by atoms with Crippen LogP contribution in [0.2, 0.25) is 0 Å². The first-order chi connectivity index (χ1) is 13.8. The molecule has 7 heteroatoms. The summed E-state index contributed by atoms with van der Waals surface area (Å²) >= 11 is 0. The van der Waals surface area contributed by atoms with Crippen LogP contribution in [-0.4, -0.2) is 52.5 Å². The van der Waals surface area contributed by atoms with Crippen LogP contribution < -0.4 is 5.32 Å². The molecule has 1 fully saturated rings. The Morgan fingerprint density at radius 2 is 1.93 bits per heavy atom. The van der Waals surface area contributed by atoms with E-state index in [1.807, 2.05) is 16.6 Å². The predicted molar refractivity (Wildman–Crippen MR) is 124 cm³/mol. The largest absolute Gasteiger partial charge is 0.337 e. The number of hydrogen-bond donors (Lipinski definition) is 1. The second kappa shape index (κ2) is 10.4. The Morgan fingerprint density at radius 1 is 1.23 bits per heavy atom. The maximum Gasteiger partial charge on any atom is 0.276 e. The fourth-order valence-electron chi connectivity index (χ4n) is 4.09. The van der Waals surface area contributed by atoms with Crippen LogP contribution in [0, 0.1) is 5.92 Å². The van der Waals surface area contributed by atoms with Crippen molar-refractivity contribution in [2.75, 3.05) is 26.7 Å². The summed E-state index contributed by atoms with van der Waals surface area (Å²) in [5, 5.41) is 11.9. The maximum absolute atomic E-state index is 13.3.